The Hall–Kier alpha value is -2.94. The number of carbonyl (C=O) groups excluding carboxylic acids is 2. The maximum Gasteiger partial charge on any atom is 0.262 e. The summed E-state index contributed by atoms with van der Waals surface area (Å²) in [4.78, 5) is 23.7. The van der Waals surface area contributed by atoms with Crippen molar-refractivity contribution < 1.29 is 27.1 Å². The quantitative estimate of drug-likeness (QED) is 0.795. The molecule has 7 nitrogen and oxygen atoms in total. The first-order chi connectivity index (χ1) is 13.2. The minimum absolute atomic E-state index is 0.0182. The third-order valence-corrected chi connectivity index (χ3v) is 6.51. The normalized spacial score (nSPS) is 14.5. The molecular formula is C19H19FN2O5S. The summed E-state index contributed by atoms with van der Waals surface area (Å²) in [5, 5.41) is 4.15. The Morgan fingerprint density at radius 1 is 1.29 bits per heavy atom. The average Bonchev–Trinajstić information content (AvgIpc) is 2.63. The molecule has 0 unspecified atom stereocenters. The van der Waals surface area contributed by atoms with Crippen LogP contribution in [0.5, 0.6) is 5.75 Å². The first-order valence-electron chi connectivity index (χ1n) is 8.53. The van der Waals surface area contributed by atoms with Crippen molar-refractivity contribution in [3.63, 3.8) is 0 Å². The molecule has 0 radical (unpaired) electrons. The molecular weight excluding hydrogens is 387 g/mol. The molecule has 1 aliphatic rings. The van der Waals surface area contributed by atoms with Gasteiger partial charge in [-0.2, -0.15) is 0 Å². The number of sulfone groups is 1. The van der Waals surface area contributed by atoms with Gasteiger partial charge in [0, 0.05) is 12.1 Å². The second-order valence-corrected chi connectivity index (χ2v) is 8.93. The summed E-state index contributed by atoms with van der Waals surface area (Å²) >= 11 is 0. The van der Waals surface area contributed by atoms with Crippen molar-refractivity contribution in [1.29, 1.82) is 0 Å². The van der Waals surface area contributed by atoms with Gasteiger partial charge in [-0.1, -0.05) is 0 Å². The summed E-state index contributed by atoms with van der Waals surface area (Å²) in [6.07, 6.45) is -0.279. The Bertz CT molecular complexity index is 1050. The molecule has 2 N–H and O–H groups in total. The van der Waals surface area contributed by atoms with E-state index in [9.17, 15) is 22.4 Å². The smallest absolute Gasteiger partial charge is 0.262 e. The van der Waals surface area contributed by atoms with Crippen LogP contribution in [0.2, 0.25) is 0 Å². The van der Waals surface area contributed by atoms with Crippen LogP contribution in [0, 0.1) is 12.7 Å². The largest absolute Gasteiger partial charge is 0.482 e. The highest BCUT2D eigenvalue weighted by Gasteiger charge is 2.28. The molecule has 3 rings (SSSR count). The van der Waals surface area contributed by atoms with Crippen molar-refractivity contribution in [2.24, 2.45) is 0 Å². The van der Waals surface area contributed by atoms with Gasteiger partial charge in [-0.15, -0.1) is 0 Å². The highest BCUT2D eigenvalue weighted by molar-refractivity contribution is 7.92. The number of amides is 2. The summed E-state index contributed by atoms with van der Waals surface area (Å²) < 4.78 is 44.0. The number of aryl methyl sites for hydroxylation is 1. The van der Waals surface area contributed by atoms with Crippen LogP contribution in [-0.4, -0.2) is 32.1 Å². The summed E-state index contributed by atoms with van der Waals surface area (Å²) in [7, 11) is -3.82. The predicted molar refractivity (Wildman–Crippen MR) is 102 cm³/mol. The molecule has 0 saturated carbocycles. The van der Waals surface area contributed by atoms with Gasteiger partial charge in [0.15, 0.2) is 16.4 Å². The number of hydrogen-bond acceptors (Lipinski definition) is 5. The molecule has 9 heteroatoms. The van der Waals surface area contributed by atoms with E-state index >= 15 is 0 Å². The van der Waals surface area contributed by atoms with Gasteiger partial charge >= 0.3 is 0 Å². The number of halogens is 1. The predicted octanol–water partition coefficient (Wildman–Crippen LogP) is 2.66. The van der Waals surface area contributed by atoms with Crippen molar-refractivity contribution >= 4 is 33.0 Å². The van der Waals surface area contributed by atoms with Gasteiger partial charge in [-0.3, -0.25) is 9.59 Å². The Morgan fingerprint density at radius 3 is 2.75 bits per heavy atom. The van der Waals surface area contributed by atoms with Crippen LogP contribution >= 0.6 is 0 Å². The van der Waals surface area contributed by atoms with E-state index in [4.69, 9.17) is 4.74 Å². The van der Waals surface area contributed by atoms with Gasteiger partial charge in [0.25, 0.3) is 5.91 Å². The van der Waals surface area contributed by atoms with E-state index in [1.165, 1.54) is 43.3 Å². The fraction of sp³-hybridized carbons (Fsp3) is 0.263. The Balaban J connectivity index is 1.74. The topological polar surface area (TPSA) is 102 Å². The van der Waals surface area contributed by atoms with Gasteiger partial charge < -0.3 is 15.4 Å². The minimum Gasteiger partial charge on any atom is -0.482 e. The molecule has 0 aromatic heterocycles. The summed E-state index contributed by atoms with van der Waals surface area (Å²) in [6.45, 7) is 2.95. The monoisotopic (exact) mass is 406 g/mol. The third-order valence-electron chi connectivity index (χ3n) is 4.38. The number of nitrogens with one attached hydrogen (secondary N) is 2. The first kappa shape index (κ1) is 19.8. The van der Waals surface area contributed by atoms with Crippen LogP contribution in [0.15, 0.2) is 41.3 Å². The Kier molecular flexibility index (Phi) is 5.37. The Labute approximate surface area is 161 Å². The van der Waals surface area contributed by atoms with Crippen molar-refractivity contribution in [3.05, 3.63) is 47.8 Å². The van der Waals surface area contributed by atoms with E-state index in [1.54, 1.807) is 6.92 Å². The summed E-state index contributed by atoms with van der Waals surface area (Å²) in [6, 6.07) is 8.08. The zero-order valence-electron chi connectivity index (χ0n) is 15.3. The van der Waals surface area contributed by atoms with E-state index in [0.29, 0.717) is 17.0 Å². The molecule has 0 aliphatic carbocycles. The molecule has 1 heterocycles. The molecule has 2 aromatic carbocycles. The molecule has 1 atom stereocenters. The van der Waals surface area contributed by atoms with E-state index in [-0.39, 0.29) is 29.5 Å². The first-order valence-corrected chi connectivity index (χ1v) is 10.1. The molecule has 0 saturated heterocycles. The maximum absolute atomic E-state index is 13.2. The fourth-order valence-electron chi connectivity index (χ4n) is 2.81. The minimum atomic E-state index is -3.82. The van der Waals surface area contributed by atoms with Crippen molar-refractivity contribution in [1.82, 2.24) is 0 Å². The van der Waals surface area contributed by atoms with Crippen LogP contribution in [0.1, 0.15) is 18.9 Å². The molecule has 0 spiro atoms. The molecule has 148 valence electrons. The second kappa shape index (κ2) is 7.59. The fourth-order valence-corrected chi connectivity index (χ4v) is 4.19. The van der Waals surface area contributed by atoms with Crippen LogP contribution in [0.4, 0.5) is 15.8 Å². The zero-order chi connectivity index (χ0) is 20.5. The van der Waals surface area contributed by atoms with Gasteiger partial charge in [0.2, 0.25) is 5.91 Å². The molecule has 2 amide bonds. The lowest BCUT2D eigenvalue weighted by Crippen LogP contribution is -2.27. The number of ether oxygens (including phenoxy) is 1. The van der Waals surface area contributed by atoms with Crippen LogP contribution in [-0.2, 0) is 19.4 Å². The summed E-state index contributed by atoms with van der Waals surface area (Å²) in [5.74, 6) is -0.907. The lowest BCUT2D eigenvalue weighted by atomic mass is 10.2. The highest BCUT2D eigenvalue weighted by atomic mass is 32.2. The van der Waals surface area contributed by atoms with Gasteiger partial charge in [-0.05, 0) is 55.8 Å². The lowest BCUT2D eigenvalue weighted by Gasteiger charge is -2.19. The van der Waals surface area contributed by atoms with E-state index in [0.717, 1.165) is 0 Å². The third kappa shape index (κ3) is 4.14. The van der Waals surface area contributed by atoms with Crippen molar-refractivity contribution in [2.45, 2.75) is 30.4 Å². The van der Waals surface area contributed by atoms with Gasteiger partial charge in [0.1, 0.15) is 11.6 Å². The number of fused-ring (bicyclic) bond motifs is 1. The average molecular weight is 406 g/mol. The number of hydrogen-bond donors (Lipinski definition) is 2. The Morgan fingerprint density at radius 2 is 2.04 bits per heavy atom. The molecule has 28 heavy (non-hydrogen) atoms. The SMILES string of the molecule is Cc1cc(F)ccc1NC(=O)C[C@@H](C)S(=O)(=O)c1ccc2c(c1)NC(=O)CO2. The van der Waals surface area contributed by atoms with Crippen LogP contribution < -0.4 is 15.4 Å². The van der Waals surface area contributed by atoms with Gasteiger partial charge in [0.05, 0.1) is 15.8 Å². The number of anilines is 2. The standard InChI is InChI=1S/C19H19FN2O5S/c1-11-7-13(20)3-5-15(11)21-18(23)8-12(2)28(25,26)14-4-6-17-16(9-14)22-19(24)10-27-17/h3-7,9,12H,8,10H2,1-2H3,(H,21,23)(H,22,24)/t12-/m1/s1. The maximum atomic E-state index is 13.2. The number of benzene rings is 2. The number of rotatable bonds is 5. The highest BCUT2D eigenvalue weighted by Crippen LogP contribution is 2.31. The van der Waals surface area contributed by atoms with Gasteiger partial charge in [-0.25, -0.2) is 12.8 Å². The molecule has 0 bridgehead atoms. The van der Waals surface area contributed by atoms with Crippen molar-refractivity contribution in [3.8, 4) is 5.75 Å². The van der Waals surface area contributed by atoms with E-state index in [1.807, 2.05) is 0 Å². The molecule has 2 aromatic rings. The van der Waals surface area contributed by atoms with Crippen LogP contribution in [0.25, 0.3) is 0 Å². The van der Waals surface area contributed by atoms with E-state index < -0.39 is 26.8 Å². The molecule has 1 aliphatic heterocycles. The summed E-state index contributed by atoms with van der Waals surface area (Å²) in [5.41, 5.74) is 1.23. The second-order valence-electron chi connectivity index (χ2n) is 6.56. The number of carbonyl (C=O) groups is 2. The van der Waals surface area contributed by atoms with E-state index in [2.05, 4.69) is 10.6 Å². The molecule has 0 fully saturated rings. The lowest BCUT2D eigenvalue weighted by molar-refractivity contribution is -0.118. The zero-order valence-corrected chi connectivity index (χ0v) is 16.1. The van der Waals surface area contributed by atoms with Crippen LogP contribution in [0.3, 0.4) is 0 Å². The van der Waals surface area contributed by atoms with Crippen molar-refractivity contribution in [2.75, 3.05) is 17.2 Å².